The van der Waals surface area contributed by atoms with Gasteiger partial charge < -0.3 is 5.73 Å². The van der Waals surface area contributed by atoms with Gasteiger partial charge in [0, 0.05) is 6.04 Å². The predicted molar refractivity (Wildman–Crippen MR) is 87.1 cm³/mol. The molecule has 20 heavy (non-hydrogen) atoms. The van der Waals surface area contributed by atoms with Crippen LogP contribution in [0.2, 0.25) is 0 Å². The number of aryl methyl sites for hydroxylation is 4. The van der Waals surface area contributed by atoms with Crippen molar-refractivity contribution in [2.75, 3.05) is 0 Å². The highest BCUT2D eigenvalue weighted by Gasteiger charge is 2.07. The van der Waals surface area contributed by atoms with E-state index < -0.39 is 0 Å². The first kappa shape index (κ1) is 14.8. The first-order valence-electron chi connectivity index (χ1n) is 7.42. The van der Waals surface area contributed by atoms with E-state index in [1.807, 2.05) is 0 Å². The molecule has 0 saturated carbocycles. The summed E-state index contributed by atoms with van der Waals surface area (Å²) in [6.07, 6.45) is 3.07. The van der Waals surface area contributed by atoms with E-state index in [0.29, 0.717) is 0 Å². The molecule has 0 spiro atoms. The highest BCUT2D eigenvalue weighted by atomic mass is 14.6. The topological polar surface area (TPSA) is 26.0 Å². The van der Waals surface area contributed by atoms with Crippen LogP contribution in [-0.4, -0.2) is 6.04 Å². The van der Waals surface area contributed by atoms with E-state index in [4.69, 9.17) is 5.73 Å². The number of hydrogen-bond acceptors (Lipinski definition) is 1. The third-order valence-electron chi connectivity index (χ3n) is 3.91. The Bertz CT molecular complexity index is 554. The summed E-state index contributed by atoms with van der Waals surface area (Å²) in [5.74, 6) is 0. The molecule has 0 bridgehead atoms. The van der Waals surface area contributed by atoms with Gasteiger partial charge in [-0.1, -0.05) is 53.6 Å². The maximum Gasteiger partial charge on any atom is 0.00825 e. The van der Waals surface area contributed by atoms with Crippen molar-refractivity contribution in [3.05, 3.63) is 70.3 Å². The fraction of sp³-hybridized carbons (Fsp3) is 0.368. The molecule has 2 aromatic rings. The highest BCUT2D eigenvalue weighted by molar-refractivity contribution is 5.31. The summed E-state index contributed by atoms with van der Waals surface area (Å²) in [6.45, 7) is 6.43. The predicted octanol–water partition coefficient (Wildman–Crippen LogP) is 4.11. The van der Waals surface area contributed by atoms with Crippen LogP contribution >= 0.6 is 0 Å². The molecule has 1 nitrogen and oxygen atoms in total. The molecule has 106 valence electrons. The van der Waals surface area contributed by atoms with Gasteiger partial charge in [0.15, 0.2) is 0 Å². The van der Waals surface area contributed by atoms with Gasteiger partial charge in [-0.3, -0.25) is 0 Å². The van der Waals surface area contributed by atoms with Gasteiger partial charge in [-0.15, -0.1) is 0 Å². The van der Waals surface area contributed by atoms with Crippen LogP contribution in [-0.2, 0) is 12.8 Å². The third kappa shape index (κ3) is 4.21. The summed E-state index contributed by atoms with van der Waals surface area (Å²) in [7, 11) is 0. The van der Waals surface area contributed by atoms with Gasteiger partial charge >= 0.3 is 0 Å². The van der Waals surface area contributed by atoms with E-state index in [9.17, 15) is 0 Å². The molecule has 0 aliphatic rings. The lowest BCUT2D eigenvalue weighted by molar-refractivity contribution is 0.609. The molecule has 2 N–H and O–H groups in total. The van der Waals surface area contributed by atoms with Gasteiger partial charge in [-0.25, -0.2) is 0 Å². The Morgan fingerprint density at radius 2 is 1.55 bits per heavy atom. The molecule has 0 saturated heterocycles. The van der Waals surface area contributed by atoms with Crippen LogP contribution in [0.4, 0.5) is 0 Å². The molecule has 0 fully saturated rings. The fourth-order valence-electron chi connectivity index (χ4n) is 2.51. The lowest BCUT2D eigenvalue weighted by Crippen LogP contribution is -2.24. The zero-order valence-corrected chi connectivity index (χ0v) is 12.8. The number of benzene rings is 2. The molecular weight excluding hydrogens is 242 g/mol. The lowest BCUT2D eigenvalue weighted by Gasteiger charge is -2.14. The van der Waals surface area contributed by atoms with Crippen LogP contribution in [0, 0.1) is 20.8 Å². The monoisotopic (exact) mass is 267 g/mol. The summed E-state index contributed by atoms with van der Waals surface area (Å²) in [4.78, 5) is 0. The van der Waals surface area contributed by atoms with Crippen molar-refractivity contribution in [2.24, 2.45) is 5.73 Å². The Balaban J connectivity index is 1.90. The summed E-state index contributed by atoms with van der Waals surface area (Å²) < 4.78 is 0. The number of nitrogens with two attached hydrogens (primary N) is 1. The minimum atomic E-state index is 0.233. The van der Waals surface area contributed by atoms with E-state index in [-0.39, 0.29) is 6.04 Å². The summed E-state index contributed by atoms with van der Waals surface area (Å²) in [5.41, 5.74) is 13.1. The molecule has 2 aromatic carbocycles. The standard InChI is InChI=1S/C19H25N/c1-14-5-8-17(9-6-14)10-11-19(20)13-18-12-15(2)4-7-16(18)3/h4-9,12,19H,10-11,13,20H2,1-3H3. The van der Waals surface area contributed by atoms with Gasteiger partial charge in [0.05, 0.1) is 0 Å². The van der Waals surface area contributed by atoms with Crippen LogP contribution in [0.3, 0.4) is 0 Å². The maximum atomic E-state index is 6.30. The lowest BCUT2D eigenvalue weighted by atomic mass is 9.96. The van der Waals surface area contributed by atoms with E-state index in [1.165, 1.54) is 27.8 Å². The zero-order chi connectivity index (χ0) is 14.5. The van der Waals surface area contributed by atoms with Gasteiger partial charge in [0.2, 0.25) is 0 Å². The fourth-order valence-corrected chi connectivity index (χ4v) is 2.51. The molecule has 1 atom stereocenters. The van der Waals surface area contributed by atoms with Crippen molar-refractivity contribution in [1.82, 2.24) is 0 Å². The number of hydrogen-bond donors (Lipinski definition) is 1. The van der Waals surface area contributed by atoms with Crippen LogP contribution < -0.4 is 5.73 Å². The van der Waals surface area contributed by atoms with Crippen molar-refractivity contribution in [2.45, 2.75) is 46.1 Å². The Morgan fingerprint density at radius 3 is 2.25 bits per heavy atom. The molecule has 0 aromatic heterocycles. The van der Waals surface area contributed by atoms with E-state index in [0.717, 1.165) is 19.3 Å². The molecule has 0 amide bonds. The van der Waals surface area contributed by atoms with Crippen LogP contribution in [0.5, 0.6) is 0 Å². The van der Waals surface area contributed by atoms with Gasteiger partial charge in [-0.05, 0) is 56.7 Å². The number of rotatable bonds is 5. The van der Waals surface area contributed by atoms with Gasteiger partial charge in [0.25, 0.3) is 0 Å². The van der Waals surface area contributed by atoms with Crippen LogP contribution in [0.25, 0.3) is 0 Å². The second-order valence-electron chi connectivity index (χ2n) is 5.92. The largest absolute Gasteiger partial charge is 0.327 e. The normalized spacial score (nSPS) is 12.4. The molecule has 0 heterocycles. The quantitative estimate of drug-likeness (QED) is 0.866. The average molecular weight is 267 g/mol. The molecule has 0 aliphatic heterocycles. The maximum absolute atomic E-state index is 6.30. The Labute approximate surface area is 122 Å². The SMILES string of the molecule is Cc1ccc(CCC(N)Cc2cc(C)ccc2C)cc1. The van der Waals surface area contributed by atoms with E-state index >= 15 is 0 Å². The van der Waals surface area contributed by atoms with Crippen molar-refractivity contribution >= 4 is 0 Å². The Morgan fingerprint density at radius 1 is 0.900 bits per heavy atom. The van der Waals surface area contributed by atoms with Crippen molar-refractivity contribution in [3.8, 4) is 0 Å². The summed E-state index contributed by atoms with van der Waals surface area (Å²) >= 11 is 0. The molecular formula is C19H25N. The second kappa shape index (κ2) is 6.71. The molecule has 0 radical (unpaired) electrons. The summed E-state index contributed by atoms with van der Waals surface area (Å²) in [6, 6.07) is 15.6. The first-order chi connectivity index (χ1) is 9.54. The molecule has 0 aliphatic carbocycles. The highest BCUT2D eigenvalue weighted by Crippen LogP contribution is 2.14. The smallest absolute Gasteiger partial charge is 0.00825 e. The zero-order valence-electron chi connectivity index (χ0n) is 12.8. The van der Waals surface area contributed by atoms with Gasteiger partial charge in [-0.2, -0.15) is 0 Å². The molecule has 2 rings (SSSR count). The van der Waals surface area contributed by atoms with Crippen molar-refractivity contribution in [3.63, 3.8) is 0 Å². The van der Waals surface area contributed by atoms with Gasteiger partial charge in [0.1, 0.15) is 0 Å². The average Bonchev–Trinajstić information content (AvgIpc) is 2.42. The molecule has 1 heteroatoms. The Hall–Kier alpha value is -1.60. The minimum Gasteiger partial charge on any atom is -0.327 e. The minimum absolute atomic E-state index is 0.233. The van der Waals surface area contributed by atoms with Crippen LogP contribution in [0.1, 0.15) is 34.2 Å². The third-order valence-corrected chi connectivity index (χ3v) is 3.91. The Kier molecular flexibility index (Phi) is 4.97. The van der Waals surface area contributed by atoms with Crippen LogP contribution in [0.15, 0.2) is 42.5 Å². The van der Waals surface area contributed by atoms with Crippen molar-refractivity contribution in [1.29, 1.82) is 0 Å². The van der Waals surface area contributed by atoms with E-state index in [2.05, 4.69) is 63.2 Å². The van der Waals surface area contributed by atoms with E-state index in [1.54, 1.807) is 0 Å². The second-order valence-corrected chi connectivity index (χ2v) is 5.92. The molecule has 1 unspecified atom stereocenters. The first-order valence-corrected chi connectivity index (χ1v) is 7.42. The summed E-state index contributed by atoms with van der Waals surface area (Å²) in [5, 5.41) is 0. The van der Waals surface area contributed by atoms with Crippen molar-refractivity contribution < 1.29 is 0 Å².